The monoisotopic (exact) mass is 570 g/mol. The number of hydrogen-bond donors (Lipinski definition) is 2. The van der Waals surface area contributed by atoms with Crippen molar-refractivity contribution in [1.29, 1.82) is 0 Å². The second-order valence-corrected chi connectivity index (χ2v) is 14.1. The number of benzene rings is 1. The van der Waals surface area contributed by atoms with Crippen LogP contribution in [0.1, 0.15) is 63.9 Å². The van der Waals surface area contributed by atoms with Gasteiger partial charge < -0.3 is 10.0 Å². The number of nitrogens with zero attached hydrogens (tertiary/aromatic N) is 3. The summed E-state index contributed by atoms with van der Waals surface area (Å²) in [6.07, 6.45) is 3.37. The molecule has 0 saturated heterocycles. The maximum atomic E-state index is 13.4. The lowest BCUT2D eigenvalue weighted by atomic mass is 9.53. The van der Waals surface area contributed by atoms with Crippen LogP contribution in [0.3, 0.4) is 0 Å². The van der Waals surface area contributed by atoms with E-state index in [1.165, 1.54) is 11.3 Å². The number of amides is 1. The number of aliphatic hydroxyl groups is 1. The van der Waals surface area contributed by atoms with Crippen molar-refractivity contribution in [2.75, 3.05) is 17.8 Å². The van der Waals surface area contributed by atoms with Crippen LogP contribution in [0.2, 0.25) is 0 Å². The van der Waals surface area contributed by atoms with Gasteiger partial charge in [-0.1, -0.05) is 39.0 Å². The van der Waals surface area contributed by atoms with E-state index in [0.717, 1.165) is 35.2 Å². The number of para-hydroxylation sites is 1. The molecule has 1 fully saturated rings. The number of aromatic nitrogens is 2. The normalized spacial score (nSPS) is 27.4. The van der Waals surface area contributed by atoms with E-state index in [0.29, 0.717) is 23.7 Å². The molecule has 210 valence electrons. The van der Waals surface area contributed by atoms with E-state index in [2.05, 4.69) is 23.6 Å². The Balaban J connectivity index is 1.41. The van der Waals surface area contributed by atoms with Crippen LogP contribution in [0.15, 0.2) is 41.4 Å². The van der Waals surface area contributed by atoms with Gasteiger partial charge in [0, 0.05) is 41.4 Å². The predicted molar refractivity (Wildman–Crippen MR) is 154 cm³/mol. The van der Waals surface area contributed by atoms with Crippen molar-refractivity contribution in [3.8, 4) is 0 Å². The van der Waals surface area contributed by atoms with Crippen LogP contribution in [0, 0.1) is 23.2 Å². The number of aliphatic hydroxyl groups excluding tert-OH is 1. The molecule has 0 radical (unpaired) electrons. The summed E-state index contributed by atoms with van der Waals surface area (Å²) < 4.78 is 29.5. The molecule has 6 unspecified atom stereocenters. The van der Waals surface area contributed by atoms with E-state index >= 15 is 0 Å². The topological polar surface area (TPSA) is 112 Å². The number of nitrogens with one attached hydrogen (secondary N) is 1. The average molecular weight is 571 g/mol. The Hall–Kier alpha value is -2.56. The van der Waals surface area contributed by atoms with E-state index in [9.17, 15) is 18.3 Å². The molecule has 8 nitrogen and oxygen atoms in total. The summed E-state index contributed by atoms with van der Waals surface area (Å²) in [6.45, 7) is 11.5. The number of pyridine rings is 1. The molecular formula is C29H38N4O4S2. The van der Waals surface area contributed by atoms with Crippen molar-refractivity contribution in [1.82, 2.24) is 14.9 Å². The summed E-state index contributed by atoms with van der Waals surface area (Å²) in [5, 5.41) is 12.8. The Morgan fingerprint density at radius 2 is 1.97 bits per heavy atom. The van der Waals surface area contributed by atoms with Gasteiger partial charge in [0.2, 0.25) is 5.91 Å². The van der Waals surface area contributed by atoms with Crippen molar-refractivity contribution in [3.63, 3.8) is 0 Å². The molecule has 2 aromatic heterocycles. The summed E-state index contributed by atoms with van der Waals surface area (Å²) >= 11 is 1.38. The Labute approximate surface area is 234 Å². The number of carbonyl (C=O) groups is 1. The van der Waals surface area contributed by atoms with E-state index in [4.69, 9.17) is 4.98 Å². The zero-order valence-electron chi connectivity index (χ0n) is 23.2. The number of carbonyl (C=O) groups excluding carboxylic acids is 1. The van der Waals surface area contributed by atoms with Crippen molar-refractivity contribution in [3.05, 3.63) is 47.1 Å². The zero-order valence-corrected chi connectivity index (χ0v) is 24.8. The molecule has 0 aliphatic heterocycles. The van der Waals surface area contributed by atoms with Gasteiger partial charge >= 0.3 is 0 Å². The van der Waals surface area contributed by atoms with Gasteiger partial charge in [-0.05, 0) is 62.5 Å². The number of thiazole rings is 1. The maximum absolute atomic E-state index is 13.4. The second-order valence-electron chi connectivity index (χ2n) is 11.4. The molecule has 1 saturated carbocycles. The Bertz CT molecular complexity index is 1480. The highest BCUT2D eigenvalue weighted by Crippen LogP contribution is 2.57. The third-order valence-corrected chi connectivity index (χ3v) is 11.6. The molecule has 0 spiro atoms. The van der Waals surface area contributed by atoms with Crippen molar-refractivity contribution < 1.29 is 18.3 Å². The van der Waals surface area contributed by atoms with Crippen LogP contribution in [-0.2, 0) is 21.2 Å². The first-order valence-electron chi connectivity index (χ1n) is 13.8. The Morgan fingerprint density at radius 1 is 1.26 bits per heavy atom. The minimum atomic E-state index is -3.91. The highest BCUT2D eigenvalue weighted by atomic mass is 32.2. The standard InChI is InChI=1S/C29H38N4O4S2/c1-6-33(7-2)27(35)17(3)20-13-14-29(5)16-21-24(18(4)23(29)26(20)34)31-28(38-21)32-39(36,37)22-12-8-10-19-11-9-15-30-25(19)22/h8-12,15,17-18,20,23,26,34H,6-7,13-14,16H2,1-5H3,(H,31,32). The van der Waals surface area contributed by atoms with Crippen LogP contribution in [-0.4, -0.2) is 53.5 Å². The Kier molecular flexibility index (Phi) is 7.50. The number of fused-ring (bicyclic) bond motifs is 3. The fraction of sp³-hybridized carbons (Fsp3) is 0.552. The first-order chi connectivity index (χ1) is 18.5. The number of hydrogen-bond acceptors (Lipinski definition) is 7. The second kappa shape index (κ2) is 10.4. The molecule has 2 aliphatic carbocycles. The van der Waals surface area contributed by atoms with E-state index < -0.39 is 16.1 Å². The molecule has 1 aromatic carbocycles. The van der Waals surface area contributed by atoms with E-state index in [1.54, 1.807) is 24.4 Å². The minimum absolute atomic E-state index is 0.0653. The smallest absolute Gasteiger partial charge is 0.265 e. The fourth-order valence-corrected chi connectivity index (χ4v) is 9.74. The summed E-state index contributed by atoms with van der Waals surface area (Å²) in [5.41, 5.74) is 1.12. The van der Waals surface area contributed by atoms with E-state index in [1.807, 2.05) is 37.8 Å². The van der Waals surface area contributed by atoms with Gasteiger partial charge in [0.15, 0.2) is 5.13 Å². The molecule has 6 atom stereocenters. The predicted octanol–water partition coefficient (Wildman–Crippen LogP) is 5.05. The van der Waals surface area contributed by atoms with Gasteiger partial charge in [-0.2, -0.15) is 0 Å². The highest BCUT2D eigenvalue weighted by Gasteiger charge is 2.54. The largest absolute Gasteiger partial charge is 0.392 e. The average Bonchev–Trinajstić information content (AvgIpc) is 3.29. The third-order valence-electron chi connectivity index (χ3n) is 9.14. The van der Waals surface area contributed by atoms with Crippen molar-refractivity contribution in [2.24, 2.45) is 23.2 Å². The summed E-state index contributed by atoms with van der Waals surface area (Å²) in [7, 11) is -3.91. The van der Waals surface area contributed by atoms with Gasteiger partial charge in [0.25, 0.3) is 10.0 Å². The SMILES string of the molecule is CCN(CC)C(=O)C(C)C1CCC2(C)Cc3sc(NS(=O)(=O)c4cccc5cccnc45)nc3C(C)C2C1O. The van der Waals surface area contributed by atoms with Crippen LogP contribution in [0.5, 0.6) is 0 Å². The highest BCUT2D eigenvalue weighted by molar-refractivity contribution is 7.93. The molecule has 2 aliphatic rings. The minimum Gasteiger partial charge on any atom is -0.392 e. The molecule has 2 heterocycles. The molecular weight excluding hydrogens is 532 g/mol. The molecule has 0 bridgehead atoms. The number of anilines is 1. The van der Waals surface area contributed by atoms with Gasteiger partial charge in [-0.15, -0.1) is 11.3 Å². The number of rotatable bonds is 7. The molecule has 2 N–H and O–H groups in total. The summed E-state index contributed by atoms with van der Waals surface area (Å²) in [6, 6.07) is 8.72. The molecule has 3 aromatic rings. The molecule has 10 heteroatoms. The maximum Gasteiger partial charge on any atom is 0.265 e. The fourth-order valence-electron chi connectivity index (χ4n) is 7.06. The lowest BCUT2D eigenvalue weighted by Gasteiger charge is -2.53. The molecule has 5 rings (SSSR count). The lowest BCUT2D eigenvalue weighted by Crippen LogP contribution is -2.53. The number of sulfonamides is 1. The van der Waals surface area contributed by atoms with Gasteiger partial charge in [-0.25, -0.2) is 13.4 Å². The van der Waals surface area contributed by atoms with Crippen LogP contribution < -0.4 is 4.72 Å². The van der Waals surface area contributed by atoms with Crippen molar-refractivity contribution >= 4 is 43.3 Å². The van der Waals surface area contributed by atoms with Crippen LogP contribution in [0.4, 0.5) is 5.13 Å². The lowest BCUT2D eigenvalue weighted by molar-refractivity contribution is -0.144. The summed E-state index contributed by atoms with van der Waals surface area (Å²) in [5.74, 6) is -0.406. The first kappa shape index (κ1) is 28.0. The zero-order chi connectivity index (χ0) is 28.1. The summed E-state index contributed by atoms with van der Waals surface area (Å²) in [4.78, 5) is 25.2. The Morgan fingerprint density at radius 3 is 2.69 bits per heavy atom. The van der Waals surface area contributed by atoms with Crippen molar-refractivity contribution in [2.45, 2.75) is 70.8 Å². The van der Waals surface area contributed by atoms with Gasteiger partial charge in [0.05, 0.1) is 17.3 Å². The van der Waals surface area contributed by atoms with Gasteiger partial charge in [0.1, 0.15) is 4.90 Å². The molecule has 1 amide bonds. The van der Waals surface area contributed by atoms with Crippen LogP contribution >= 0.6 is 11.3 Å². The van der Waals surface area contributed by atoms with Gasteiger partial charge in [-0.3, -0.25) is 14.5 Å². The third kappa shape index (κ3) is 4.85. The quantitative estimate of drug-likeness (QED) is 0.411. The first-order valence-corrected chi connectivity index (χ1v) is 16.1. The van der Waals surface area contributed by atoms with Crippen LogP contribution in [0.25, 0.3) is 10.9 Å². The van der Waals surface area contributed by atoms with E-state index in [-0.39, 0.29) is 39.9 Å². The molecule has 39 heavy (non-hydrogen) atoms.